The zero-order valence-electron chi connectivity index (χ0n) is 13.9. The Labute approximate surface area is 144 Å². The normalized spacial score (nSPS) is 12.5. The molecule has 3 aromatic rings. The summed E-state index contributed by atoms with van der Waals surface area (Å²) in [5, 5.41) is 10.1. The Bertz CT molecular complexity index is 842. The standard InChI is InChI=1S/C17H20N4O2S/c1-4-21-16-13(9-18-21)12(17(22)19-11(2)10-23-3)8-14(20-16)15-6-5-7-24-15/h5-9,11H,4,10H2,1-3H3,(H,19,22)/t11-/m0/s1. The summed E-state index contributed by atoms with van der Waals surface area (Å²) in [7, 11) is 1.62. The first-order chi connectivity index (χ1) is 11.6. The third-order valence-corrected chi connectivity index (χ3v) is 4.61. The molecule has 0 radical (unpaired) electrons. The lowest BCUT2D eigenvalue weighted by Gasteiger charge is -2.13. The average Bonchev–Trinajstić information content (AvgIpc) is 3.23. The number of aromatic nitrogens is 3. The van der Waals surface area contributed by atoms with Crippen LogP contribution in [-0.2, 0) is 11.3 Å². The van der Waals surface area contributed by atoms with Gasteiger partial charge in [-0.05, 0) is 31.4 Å². The highest BCUT2D eigenvalue weighted by molar-refractivity contribution is 7.13. The van der Waals surface area contributed by atoms with Crippen LogP contribution in [0, 0.1) is 0 Å². The molecule has 0 aliphatic rings. The molecule has 6 nitrogen and oxygen atoms in total. The van der Waals surface area contributed by atoms with Crippen molar-refractivity contribution in [2.45, 2.75) is 26.4 Å². The Morgan fingerprint density at radius 2 is 2.33 bits per heavy atom. The highest BCUT2D eigenvalue weighted by atomic mass is 32.1. The zero-order valence-corrected chi connectivity index (χ0v) is 14.8. The van der Waals surface area contributed by atoms with Crippen LogP contribution in [0.15, 0.2) is 29.8 Å². The van der Waals surface area contributed by atoms with Gasteiger partial charge in [-0.1, -0.05) is 6.07 Å². The number of hydrogen-bond donors (Lipinski definition) is 1. The first-order valence-electron chi connectivity index (χ1n) is 7.84. The van der Waals surface area contributed by atoms with Crippen LogP contribution in [-0.4, -0.2) is 40.4 Å². The van der Waals surface area contributed by atoms with Crippen molar-refractivity contribution in [3.05, 3.63) is 35.3 Å². The molecule has 0 bridgehead atoms. The second-order valence-electron chi connectivity index (χ2n) is 5.56. The fraction of sp³-hybridized carbons (Fsp3) is 0.353. The SMILES string of the molecule is CCn1ncc2c(C(=O)N[C@@H](C)COC)cc(-c3cccs3)nc21. The fourth-order valence-electron chi connectivity index (χ4n) is 2.61. The molecule has 0 aliphatic heterocycles. The van der Waals surface area contributed by atoms with Crippen molar-refractivity contribution in [1.29, 1.82) is 0 Å². The molecule has 1 amide bonds. The maximum Gasteiger partial charge on any atom is 0.252 e. The van der Waals surface area contributed by atoms with Gasteiger partial charge in [0.15, 0.2) is 5.65 Å². The minimum Gasteiger partial charge on any atom is -0.383 e. The Morgan fingerprint density at radius 3 is 3.00 bits per heavy atom. The van der Waals surface area contributed by atoms with Crippen molar-refractivity contribution in [3.8, 4) is 10.6 Å². The molecule has 0 saturated carbocycles. The van der Waals surface area contributed by atoms with Crippen molar-refractivity contribution in [3.63, 3.8) is 0 Å². The van der Waals surface area contributed by atoms with E-state index in [1.165, 1.54) is 0 Å². The number of fused-ring (bicyclic) bond motifs is 1. The van der Waals surface area contributed by atoms with Gasteiger partial charge in [0, 0.05) is 19.7 Å². The summed E-state index contributed by atoms with van der Waals surface area (Å²) in [6, 6.07) is 5.74. The van der Waals surface area contributed by atoms with Gasteiger partial charge >= 0.3 is 0 Å². The minimum absolute atomic E-state index is 0.0721. The molecular formula is C17H20N4O2S. The summed E-state index contributed by atoms with van der Waals surface area (Å²) in [4.78, 5) is 18.5. The third kappa shape index (κ3) is 3.18. The van der Waals surface area contributed by atoms with Crippen LogP contribution in [0.1, 0.15) is 24.2 Å². The number of nitrogens with zero attached hydrogens (tertiary/aromatic N) is 3. The average molecular weight is 344 g/mol. The summed E-state index contributed by atoms with van der Waals surface area (Å²) in [5.74, 6) is -0.139. The van der Waals surface area contributed by atoms with Crippen molar-refractivity contribution in [1.82, 2.24) is 20.1 Å². The van der Waals surface area contributed by atoms with Gasteiger partial charge in [-0.25, -0.2) is 9.67 Å². The Morgan fingerprint density at radius 1 is 1.50 bits per heavy atom. The number of aryl methyl sites for hydroxylation is 1. The van der Waals surface area contributed by atoms with Gasteiger partial charge < -0.3 is 10.1 Å². The maximum absolute atomic E-state index is 12.7. The topological polar surface area (TPSA) is 69.0 Å². The number of ether oxygens (including phenoxy) is 1. The van der Waals surface area contributed by atoms with Crippen molar-refractivity contribution >= 4 is 28.3 Å². The minimum atomic E-state index is -0.139. The number of rotatable bonds is 6. The molecule has 0 unspecified atom stereocenters. The predicted octanol–water partition coefficient (Wildman–Crippen LogP) is 2.94. The van der Waals surface area contributed by atoms with Gasteiger partial charge in [0.25, 0.3) is 5.91 Å². The van der Waals surface area contributed by atoms with E-state index in [1.54, 1.807) is 24.6 Å². The summed E-state index contributed by atoms with van der Waals surface area (Å²) in [6.45, 7) is 5.08. The summed E-state index contributed by atoms with van der Waals surface area (Å²) in [6.07, 6.45) is 1.71. The molecule has 7 heteroatoms. The van der Waals surface area contributed by atoms with E-state index in [1.807, 2.05) is 42.1 Å². The molecule has 3 rings (SSSR count). The fourth-order valence-corrected chi connectivity index (χ4v) is 3.30. The molecule has 3 heterocycles. The van der Waals surface area contributed by atoms with Crippen LogP contribution in [0.3, 0.4) is 0 Å². The van der Waals surface area contributed by atoms with Crippen molar-refractivity contribution in [2.75, 3.05) is 13.7 Å². The number of carbonyl (C=O) groups is 1. The molecule has 24 heavy (non-hydrogen) atoms. The smallest absolute Gasteiger partial charge is 0.252 e. The number of hydrogen-bond acceptors (Lipinski definition) is 5. The van der Waals surface area contributed by atoms with E-state index in [0.717, 1.165) is 21.6 Å². The summed E-state index contributed by atoms with van der Waals surface area (Å²) >= 11 is 1.60. The number of pyridine rings is 1. The van der Waals surface area contributed by atoms with Gasteiger partial charge in [-0.3, -0.25) is 4.79 Å². The maximum atomic E-state index is 12.7. The van der Waals surface area contributed by atoms with Crippen molar-refractivity contribution in [2.24, 2.45) is 0 Å². The molecule has 1 N–H and O–H groups in total. The first-order valence-corrected chi connectivity index (χ1v) is 8.72. The summed E-state index contributed by atoms with van der Waals surface area (Å²) in [5.41, 5.74) is 2.11. The van der Waals surface area contributed by atoms with Gasteiger partial charge in [-0.2, -0.15) is 5.10 Å². The van der Waals surface area contributed by atoms with Gasteiger partial charge in [0.05, 0.1) is 34.3 Å². The second kappa shape index (κ2) is 7.11. The number of carbonyl (C=O) groups excluding carboxylic acids is 1. The Kier molecular flexibility index (Phi) is 4.92. The lowest BCUT2D eigenvalue weighted by molar-refractivity contribution is 0.0907. The summed E-state index contributed by atoms with van der Waals surface area (Å²) < 4.78 is 6.90. The van der Waals surface area contributed by atoms with E-state index in [9.17, 15) is 4.79 Å². The van der Waals surface area contributed by atoms with Crippen LogP contribution in [0.5, 0.6) is 0 Å². The third-order valence-electron chi connectivity index (χ3n) is 3.72. The first kappa shape index (κ1) is 16.6. The van der Waals surface area contributed by atoms with Gasteiger partial charge in [-0.15, -0.1) is 11.3 Å². The molecule has 0 saturated heterocycles. The number of amides is 1. The monoisotopic (exact) mass is 344 g/mol. The number of nitrogens with one attached hydrogen (secondary N) is 1. The highest BCUT2D eigenvalue weighted by Gasteiger charge is 2.18. The Hall–Kier alpha value is -2.25. The van der Waals surface area contributed by atoms with E-state index in [4.69, 9.17) is 9.72 Å². The Balaban J connectivity index is 2.08. The zero-order chi connectivity index (χ0) is 17.1. The molecular weight excluding hydrogens is 324 g/mol. The second-order valence-corrected chi connectivity index (χ2v) is 6.51. The molecule has 0 spiro atoms. The van der Waals surface area contributed by atoms with Crippen LogP contribution in [0.2, 0.25) is 0 Å². The van der Waals surface area contributed by atoms with Gasteiger partial charge in [0.2, 0.25) is 0 Å². The largest absolute Gasteiger partial charge is 0.383 e. The molecule has 126 valence electrons. The van der Waals surface area contributed by atoms with E-state index >= 15 is 0 Å². The lowest BCUT2D eigenvalue weighted by atomic mass is 10.1. The van der Waals surface area contributed by atoms with Crippen LogP contribution >= 0.6 is 11.3 Å². The quantitative estimate of drug-likeness (QED) is 0.746. The van der Waals surface area contributed by atoms with Crippen LogP contribution < -0.4 is 5.32 Å². The van der Waals surface area contributed by atoms with Crippen LogP contribution in [0.4, 0.5) is 0 Å². The van der Waals surface area contributed by atoms with Crippen LogP contribution in [0.25, 0.3) is 21.6 Å². The van der Waals surface area contributed by atoms with Gasteiger partial charge in [0.1, 0.15) is 0 Å². The van der Waals surface area contributed by atoms with E-state index in [-0.39, 0.29) is 11.9 Å². The molecule has 1 atom stereocenters. The van der Waals surface area contributed by atoms with Crippen molar-refractivity contribution < 1.29 is 9.53 Å². The molecule has 0 aliphatic carbocycles. The lowest BCUT2D eigenvalue weighted by Crippen LogP contribution is -2.35. The predicted molar refractivity (Wildman–Crippen MR) is 95.3 cm³/mol. The molecule has 0 aromatic carbocycles. The number of thiophene rings is 1. The van der Waals surface area contributed by atoms with E-state index in [0.29, 0.717) is 18.7 Å². The number of methoxy groups -OCH3 is 1. The van der Waals surface area contributed by atoms with E-state index < -0.39 is 0 Å². The highest BCUT2D eigenvalue weighted by Crippen LogP contribution is 2.28. The molecule has 3 aromatic heterocycles. The molecule has 0 fully saturated rings. The van der Waals surface area contributed by atoms with E-state index in [2.05, 4.69) is 10.4 Å².